The predicted octanol–water partition coefficient (Wildman–Crippen LogP) is 8.53. The minimum atomic E-state index is -1.91. The van der Waals surface area contributed by atoms with E-state index in [1.165, 1.54) is 0 Å². The highest BCUT2D eigenvalue weighted by Gasteiger charge is 2.47. The fourth-order valence-electron chi connectivity index (χ4n) is 6.94. The molecule has 4 rings (SSSR count). The van der Waals surface area contributed by atoms with Gasteiger partial charge < -0.3 is 9.16 Å². The summed E-state index contributed by atoms with van der Waals surface area (Å²) in [6.07, 6.45) is 3.56. The summed E-state index contributed by atoms with van der Waals surface area (Å²) < 4.78 is 13.0. The van der Waals surface area contributed by atoms with Crippen molar-refractivity contribution < 1.29 is 14.0 Å². The maximum atomic E-state index is 13.5. The minimum Gasteiger partial charge on any atom is -0.489 e. The highest BCUT2D eigenvalue weighted by molar-refractivity contribution is 6.77. The van der Waals surface area contributed by atoms with Crippen LogP contribution in [0, 0.1) is 5.92 Å². The maximum absolute atomic E-state index is 13.5. The lowest BCUT2D eigenvalue weighted by atomic mass is 9.98. The Morgan fingerprint density at radius 2 is 1.45 bits per heavy atom. The molecule has 0 aliphatic carbocycles. The molecule has 220 valence electrons. The van der Waals surface area contributed by atoms with Gasteiger partial charge in [0.1, 0.15) is 12.4 Å². The molecule has 2 fully saturated rings. The lowest BCUT2D eigenvalue weighted by molar-refractivity contribution is -0.149. The number of rotatable bonds is 11. The number of piperidine rings is 1. The van der Waals surface area contributed by atoms with Crippen molar-refractivity contribution in [3.8, 4) is 5.75 Å². The molecule has 40 heavy (non-hydrogen) atoms. The molecule has 2 aromatic carbocycles. The largest absolute Gasteiger partial charge is 0.489 e. The van der Waals surface area contributed by atoms with E-state index in [0.29, 0.717) is 45.4 Å². The van der Waals surface area contributed by atoms with Gasteiger partial charge in [0, 0.05) is 41.7 Å². The van der Waals surface area contributed by atoms with E-state index in [1.807, 2.05) is 47.5 Å². The number of carbonyl (C=O) groups excluding carboxylic acids is 1. The average molecular weight is 606 g/mol. The van der Waals surface area contributed by atoms with E-state index < -0.39 is 8.32 Å². The molecule has 8 heteroatoms. The zero-order chi connectivity index (χ0) is 29.0. The topological polar surface area (TPSA) is 42.0 Å². The predicted molar refractivity (Wildman–Crippen MR) is 167 cm³/mol. The molecule has 1 amide bonds. The molecule has 0 spiro atoms. The molecule has 2 aliphatic heterocycles. The van der Waals surface area contributed by atoms with Crippen LogP contribution in [0.4, 0.5) is 0 Å². The summed E-state index contributed by atoms with van der Waals surface area (Å²) in [6.45, 7) is 17.0. The van der Waals surface area contributed by atoms with Gasteiger partial charge in [-0.2, -0.15) is 0 Å². The summed E-state index contributed by atoms with van der Waals surface area (Å²) in [4.78, 5) is 13.5. The fraction of sp³-hybridized carbons (Fsp3) is 0.594. The van der Waals surface area contributed by atoms with Crippen LogP contribution in [0.15, 0.2) is 42.5 Å². The van der Waals surface area contributed by atoms with Crippen molar-refractivity contribution in [3.05, 3.63) is 63.6 Å². The summed E-state index contributed by atoms with van der Waals surface area (Å²) in [7, 11) is -1.91. The van der Waals surface area contributed by atoms with E-state index in [-0.39, 0.29) is 17.9 Å². The fourth-order valence-corrected chi connectivity index (χ4v) is 13.2. The van der Waals surface area contributed by atoms with Crippen molar-refractivity contribution in [1.82, 2.24) is 10.0 Å². The molecular formula is C32H46Cl2N2O3Si. The minimum absolute atomic E-state index is 0.122. The van der Waals surface area contributed by atoms with Gasteiger partial charge in [0.15, 0.2) is 0 Å². The van der Waals surface area contributed by atoms with Gasteiger partial charge in [-0.15, -0.1) is 0 Å². The Morgan fingerprint density at radius 1 is 0.875 bits per heavy atom. The Morgan fingerprint density at radius 3 is 2.00 bits per heavy atom. The third-order valence-corrected chi connectivity index (χ3v) is 15.8. The standard InChI is InChI=1S/C32H46Cl2N2O3Si/c1-22(2)40(23(3)4,24(5)6)39-27-13-15-35(16-14-27)36-17-12-26(32(36)37)18-29-30(33)19-28(20-31(29)34)38-21-25-10-8-7-9-11-25/h7-11,19-20,22-24,26-27H,12-18,21H2,1-6H3. The van der Waals surface area contributed by atoms with Gasteiger partial charge in [0.2, 0.25) is 14.2 Å². The number of nitrogens with zero attached hydrogens (tertiary/aromatic N) is 2. The van der Waals surface area contributed by atoms with Gasteiger partial charge in [-0.1, -0.05) is 95.1 Å². The quantitative estimate of drug-likeness (QED) is 0.241. The van der Waals surface area contributed by atoms with Gasteiger partial charge in [-0.05, 0) is 65.6 Å². The SMILES string of the molecule is CC(C)[Si](OC1CCN(N2CCC(Cc3c(Cl)cc(OCc4ccccc4)cc3Cl)C2=O)CC1)(C(C)C)C(C)C. The molecule has 0 aromatic heterocycles. The Bertz CT molecular complexity index is 1090. The molecule has 0 radical (unpaired) electrons. The zero-order valence-corrected chi connectivity index (χ0v) is 27.5. The smallest absolute Gasteiger partial charge is 0.240 e. The number of ether oxygens (including phenoxy) is 1. The highest BCUT2D eigenvalue weighted by atomic mass is 35.5. The van der Waals surface area contributed by atoms with Crippen LogP contribution in [0.25, 0.3) is 0 Å². The summed E-state index contributed by atoms with van der Waals surface area (Å²) >= 11 is 13.3. The van der Waals surface area contributed by atoms with Crippen LogP contribution < -0.4 is 4.74 Å². The number of hydrogen-bond donors (Lipinski definition) is 0. The van der Waals surface area contributed by atoms with Gasteiger partial charge >= 0.3 is 0 Å². The molecule has 2 aliphatic rings. The van der Waals surface area contributed by atoms with E-state index in [0.717, 1.165) is 50.0 Å². The lowest BCUT2D eigenvalue weighted by Gasteiger charge is -2.47. The van der Waals surface area contributed by atoms with Crippen LogP contribution in [0.3, 0.4) is 0 Å². The second kappa shape index (κ2) is 13.6. The second-order valence-electron chi connectivity index (χ2n) is 12.4. The van der Waals surface area contributed by atoms with Crippen molar-refractivity contribution in [2.45, 2.75) is 96.6 Å². The van der Waals surface area contributed by atoms with Crippen molar-refractivity contribution >= 4 is 37.4 Å². The molecular weight excluding hydrogens is 559 g/mol. The highest BCUT2D eigenvalue weighted by Crippen LogP contribution is 2.44. The first-order chi connectivity index (χ1) is 19.0. The summed E-state index contributed by atoms with van der Waals surface area (Å²) in [5.41, 5.74) is 3.63. The Kier molecular flexibility index (Phi) is 10.7. The van der Waals surface area contributed by atoms with E-state index >= 15 is 0 Å². The summed E-state index contributed by atoms with van der Waals surface area (Å²) in [5.74, 6) is 0.681. The average Bonchev–Trinajstić information content (AvgIpc) is 3.28. The first-order valence-electron chi connectivity index (χ1n) is 14.9. The number of hydrogen-bond acceptors (Lipinski definition) is 4. The number of halogens is 2. The van der Waals surface area contributed by atoms with Crippen LogP contribution >= 0.6 is 23.2 Å². The molecule has 5 nitrogen and oxygen atoms in total. The third-order valence-electron chi connectivity index (χ3n) is 8.94. The number of carbonyl (C=O) groups is 1. The van der Waals surface area contributed by atoms with E-state index in [1.54, 1.807) is 0 Å². The number of benzene rings is 2. The first kappa shape index (κ1) is 31.4. The van der Waals surface area contributed by atoms with E-state index in [4.69, 9.17) is 32.4 Å². The van der Waals surface area contributed by atoms with Crippen LogP contribution in [-0.4, -0.2) is 50.0 Å². The second-order valence-corrected chi connectivity index (χ2v) is 18.6. The zero-order valence-electron chi connectivity index (χ0n) is 25.0. The van der Waals surface area contributed by atoms with Crippen LogP contribution in [0.5, 0.6) is 5.75 Å². The molecule has 0 bridgehead atoms. The molecule has 2 aromatic rings. The number of amides is 1. The van der Waals surface area contributed by atoms with Gasteiger partial charge in [0.25, 0.3) is 0 Å². The van der Waals surface area contributed by atoms with E-state index in [2.05, 4.69) is 46.6 Å². The van der Waals surface area contributed by atoms with Crippen molar-refractivity contribution in [1.29, 1.82) is 0 Å². The molecule has 1 unspecified atom stereocenters. The molecule has 2 heterocycles. The maximum Gasteiger partial charge on any atom is 0.240 e. The molecule has 0 saturated carbocycles. The van der Waals surface area contributed by atoms with Crippen molar-refractivity contribution in [3.63, 3.8) is 0 Å². The van der Waals surface area contributed by atoms with Crippen LogP contribution in [-0.2, 0) is 22.2 Å². The molecule has 0 N–H and O–H groups in total. The van der Waals surface area contributed by atoms with Crippen LogP contribution in [0.1, 0.15) is 71.9 Å². The molecule has 2 saturated heterocycles. The first-order valence-corrected chi connectivity index (χ1v) is 17.8. The van der Waals surface area contributed by atoms with Gasteiger partial charge in [0.05, 0.1) is 0 Å². The summed E-state index contributed by atoms with van der Waals surface area (Å²) in [6, 6.07) is 13.6. The van der Waals surface area contributed by atoms with Gasteiger partial charge in [-0.3, -0.25) is 9.80 Å². The Labute approximate surface area is 252 Å². The van der Waals surface area contributed by atoms with Gasteiger partial charge in [-0.25, -0.2) is 5.01 Å². The Balaban J connectivity index is 1.33. The third kappa shape index (κ3) is 6.90. The molecule has 1 atom stereocenters. The van der Waals surface area contributed by atoms with Crippen molar-refractivity contribution in [2.75, 3.05) is 19.6 Å². The normalized spacial score (nSPS) is 19.4. The Hall–Kier alpha value is -1.57. The van der Waals surface area contributed by atoms with Crippen LogP contribution in [0.2, 0.25) is 26.7 Å². The lowest BCUT2D eigenvalue weighted by Crippen LogP contribution is -2.54. The monoisotopic (exact) mass is 604 g/mol. The summed E-state index contributed by atoms with van der Waals surface area (Å²) in [5, 5.41) is 5.31. The van der Waals surface area contributed by atoms with E-state index in [9.17, 15) is 4.79 Å². The van der Waals surface area contributed by atoms with Crippen molar-refractivity contribution in [2.24, 2.45) is 5.92 Å². The number of hydrazine groups is 1.